The largest absolute Gasteiger partial charge is 0.444 e. The van der Waals surface area contributed by atoms with Crippen LogP contribution in [0.2, 0.25) is 0 Å². The third-order valence-electron chi connectivity index (χ3n) is 3.39. The van der Waals surface area contributed by atoms with E-state index in [0.29, 0.717) is 11.8 Å². The van der Waals surface area contributed by atoms with Crippen LogP contribution in [0.25, 0.3) is 11.5 Å². The van der Waals surface area contributed by atoms with Crippen molar-refractivity contribution in [2.45, 2.75) is 31.6 Å². The van der Waals surface area contributed by atoms with E-state index in [1.807, 2.05) is 0 Å². The minimum atomic E-state index is -0.240. The van der Waals surface area contributed by atoms with Crippen molar-refractivity contribution in [1.29, 1.82) is 0 Å². The van der Waals surface area contributed by atoms with Gasteiger partial charge in [0.1, 0.15) is 12.1 Å². The van der Waals surface area contributed by atoms with Gasteiger partial charge in [0, 0.05) is 11.5 Å². The van der Waals surface area contributed by atoms with E-state index in [2.05, 4.69) is 4.98 Å². The van der Waals surface area contributed by atoms with Crippen molar-refractivity contribution in [2.75, 3.05) is 0 Å². The van der Waals surface area contributed by atoms with Crippen LogP contribution in [0.4, 0.5) is 4.39 Å². The zero-order valence-electron chi connectivity index (χ0n) is 9.53. The molecule has 0 bridgehead atoms. The van der Waals surface area contributed by atoms with Gasteiger partial charge in [-0.15, -0.1) is 0 Å². The number of rotatable bonds is 2. The summed E-state index contributed by atoms with van der Waals surface area (Å²) in [7, 11) is 0. The normalized spacial score (nSPS) is 16.5. The summed E-state index contributed by atoms with van der Waals surface area (Å²) < 4.78 is 18.3. The Hall–Kier alpha value is -1.64. The summed E-state index contributed by atoms with van der Waals surface area (Å²) in [5.41, 5.74) is 1.87. The maximum Gasteiger partial charge on any atom is 0.226 e. The topological polar surface area (TPSA) is 26.0 Å². The van der Waals surface area contributed by atoms with Crippen molar-refractivity contribution in [2.24, 2.45) is 0 Å². The van der Waals surface area contributed by atoms with Gasteiger partial charge in [-0.05, 0) is 37.1 Å². The van der Waals surface area contributed by atoms with Gasteiger partial charge in [-0.3, -0.25) is 0 Å². The summed E-state index contributed by atoms with van der Waals surface area (Å²) in [6.07, 6.45) is 6.71. The Kier molecular flexibility index (Phi) is 2.67. The number of hydrogen-bond acceptors (Lipinski definition) is 2. The van der Waals surface area contributed by atoms with Gasteiger partial charge in [-0.2, -0.15) is 0 Å². The van der Waals surface area contributed by atoms with Crippen molar-refractivity contribution in [1.82, 2.24) is 4.98 Å². The Morgan fingerprint density at radius 2 is 1.82 bits per heavy atom. The summed E-state index contributed by atoms with van der Waals surface area (Å²) in [5.74, 6) is 0.899. The lowest BCUT2D eigenvalue weighted by atomic mass is 10.1. The molecule has 0 N–H and O–H groups in total. The second kappa shape index (κ2) is 4.32. The number of nitrogens with zero attached hydrogens (tertiary/aromatic N) is 1. The molecule has 0 radical (unpaired) electrons. The molecule has 0 saturated heterocycles. The van der Waals surface area contributed by atoms with Crippen LogP contribution >= 0.6 is 0 Å². The maximum atomic E-state index is 12.8. The molecule has 2 nitrogen and oxygen atoms in total. The molecule has 0 atom stereocenters. The van der Waals surface area contributed by atoms with Gasteiger partial charge in [0.15, 0.2) is 0 Å². The minimum absolute atomic E-state index is 0.240. The monoisotopic (exact) mass is 231 g/mol. The highest BCUT2D eigenvalue weighted by Gasteiger charge is 2.20. The van der Waals surface area contributed by atoms with Crippen molar-refractivity contribution < 1.29 is 8.81 Å². The fourth-order valence-electron chi connectivity index (χ4n) is 2.42. The van der Waals surface area contributed by atoms with Gasteiger partial charge in [0.05, 0.1) is 5.69 Å². The molecule has 1 heterocycles. The Morgan fingerprint density at radius 1 is 1.12 bits per heavy atom. The van der Waals surface area contributed by atoms with Gasteiger partial charge in [0.2, 0.25) is 5.89 Å². The lowest BCUT2D eigenvalue weighted by molar-refractivity contribution is 0.568. The van der Waals surface area contributed by atoms with Gasteiger partial charge in [-0.25, -0.2) is 9.37 Å². The van der Waals surface area contributed by atoms with Crippen LogP contribution in [-0.2, 0) is 0 Å². The van der Waals surface area contributed by atoms with E-state index in [9.17, 15) is 4.39 Å². The highest BCUT2D eigenvalue weighted by Crippen LogP contribution is 2.34. The molecule has 0 unspecified atom stereocenters. The van der Waals surface area contributed by atoms with Crippen molar-refractivity contribution in [3.63, 3.8) is 0 Å². The van der Waals surface area contributed by atoms with Crippen molar-refractivity contribution in [3.05, 3.63) is 42.0 Å². The summed E-state index contributed by atoms with van der Waals surface area (Å²) >= 11 is 0. The Labute approximate surface area is 99.5 Å². The Balaban J connectivity index is 1.86. The molecule has 88 valence electrons. The second-order valence-electron chi connectivity index (χ2n) is 4.57. The Morgan fingerprint density at radius 3 is 2.53 bits per heavy atom. The molecule has 0 aliphatic heterocycles. The fraction of sp³-hybridized carbons (Fsp3) is 0.357. The fourth-order valence-corrected chi connectivity index (χ4v) is 2.42. The first-order valence-electron chi connectivity index (χ1n) is 6.04. The minimum Gasteiger partial charge on any atom is -0.444 e. The van der Waals surface area contributed by atoms with E-state index in [-0.39, 0.29) is 5.82 Å². The Bertz CT molecular complexity index is 497. The van der Waals surface area contributed by atoms with Gasteiger partial charge >= 0.3 is 0 Å². The molecule has 0 spiro atoms. The molecule has 17 heavy (non-hydrogen) atoms. The van der Waals surface area contributed by atoms with Crippen LogP contribution in [0, 0.1) is 5.82 Å². The molecule has 0 amide bonds. The maximum absolute atomic E-state index is 12.8. The molecular weight excluding hydrogens is 217 g/mol. The zero-order valence-corrected chi connectivity index (χ0v) is 9.53. The van der Waals surface area contributed by atoms with E-state index < -0.39 is 0 Å². The van der Waals surface area contributed by atoms with E-state index in [4.69, 9.17) is 4.42 Å². The van der Waals surface area contributed by atoms with Crippen LogP contribution in [0.1, 0.15) is 37.3 Å². The highest BCUT2D eigenvalue weighted by atomic mass is 19.1. The van der Waals surface area contributed by atoms with Crippen molar-refractivity contribution in [3.8, 4) is 11.5 Å². The van der Waals surface area contributed by atoms with E-state index >= 15 is 0 Å². The first-order valence-corrected chi connectivity index (χ1v) is 6.04. The first-order chi connectivity index (χ1) is 8.33. The SMILES string of the molecule is Fc1ccc(-c2nc(C3CCCC3)co2)cc1. The van der Waals surface area contributed by atoms with Crippen molar-refractivity contribution >= 4 is 0 Å². The summed E-state index contributed by atoms with van der Waals surface area (Å²) in [6.45, 7) is 0. The number of aromatic nitrogens is 1. The third-order valence-corrected chi connectivity index (χ3v) is 3.39. The number of halogens is 1. The number of hydrogen-bond donors (Lipinski definition) is 0. The van der Waals surface area contributed by atoms with Gasteiger partial charge in [0.25, 0.3) is 0 Å². The number of benzene rings is 1. The molecule has 1 saturated carbocycles. The summed E-state index contributed by atoms with van der Waals surface area (Å²) in [5, 5.41) is 0. The van der Waals surface area contributed by atoms with Crippen LogP contribution in [0.5, 0.6) is 0 Å². The quantitative estimate of drug-likeness (QED) is 0.776. The van der Waals surface area contributed by atoms with E-state index in [1.54, 1.807) is 18.4 Å². The average molecular weight is 231 g/mol. The number of oxazole rings is 1. The average Bonchev–Trinajstić information content (AvgIpc) is 3.00. The smallest absolute Gasteiger partial charge is 0.226 e. The predicted molar refractivity (Wildman–Crippen MR) is 63.1 cm³/mol. The molecule has 1 aliphatic carbocycles. The van der Waals surface area contributed by atoms with Crippen LogP contribution in [-0.4, -0.2) is 4.98 Å². The predicted octanol–water partition coefficient (Wildman–Crippen LogP) is 4.14. The molecule has 3 heteroatoms. The molecule has 1 fully saturated rings. The van der Waals surface area contributed by atoms with Crippen LogP contribution in [0.15, 0.2) is 34.9 Å². The molecule has 1 aromatic heterocycles. The summed E-state index contributed by atoms with van der Waals surface area (Å²) in [6, 6.07) is 6.24. The molecule has 2 aromatic rings. The van der Waals surface area contributed by atoms with E-state index in [0.717, 1.165) is 11.3 Å². The van der Waals surface area contributed by atoms with Crippen LogP contribution < -0.4 is 0 Å². The molecular formula is C14H14FNO. The molecule has 1 aromatic carbocycles. The highest BCUT2D eigenvalue weighted by molar-refractivity contribution is 5.52. The standard InChI is InChI=1S/C14H14FNO/c15-12-7-5-11(6-8-12)14-16-13(9-17-14)10-3-1-2-4-10/h5-10H,1-4H2. The lowest BCUT2D eigenvalue weighted by Crippen LogP contribution is -1.91. The van der Waals surface area contributed by atoms with Gasteiger partial charge < -0.3 is 4.42 Å². The summed E-state index contributed by atoms with van der Waals surface area (Å²) in [4.78, 5) is 4.50. The molecule has 1 aliphatic rings. The molecule has 3 rings (SSSR count). The third kappa shape index (κ3) is 2.09. The van der Waals surface area contributed by atoms with Crippen LogP contribution in [0.3, 0.4) is 0 Å². The zero-order chi connectivity index (χ0) is 11.7. The van der Waals surface area contributed by atoms with Gasteiger partial charge in [-0.1, -0.05) is 12.8 Å². The van der Waals surface area contributed by atoms with E-state index in [1.165, 1.54) is 37.8 Å². The lowest BCUT2D eigenvalue weighted by Gasteiger charge is -2.01. The second-order valence-corrected chi connectivity index (χ2v) is 4.57. The first kappa shape index (κ1) is 10.5.